The molecule has 3 aromatic carbocycles. The second-order valence-corrected chi connectivity index (χ2v) is 7.49. The Balaban J connectivity index is 1.66. The first kappa shape index (κ1) is 21.6. The summed E-state index contributed by atoms with van der Waals surface area (Å²) >= 11 is 3.47. The van der Waals surface area contributed by atoms with Crippen LogP contribution in [-0.2, 0) is 4.79 Å². The number of anilines is 1. The third kappa shape index (κ3) is 6.46. The number of hydrogen-bond donors (Lipinski definition) is 1. The molecule has 3 rings (SSSR count). The number of nitrogens with zero attached hydrogens (tertiary/aromatic N) is 1. The Morgan fingerprint density at radius 1 is 1.07 bits per heavy atom. The van der Waals surface area contributed by atoms with Gasteiger partial charge in [0.05, 0.1) is 12.3 Å². The fourth-order valence-corrected chi connectivity index (χ4v) is 3.13. The first-order valence-electron chi connectivity index (χ1n) is 9.59. The van der Waals surface area contributed by atoms with E-state index in [0.29, 0.717) is 12.4 Å². The first-order valence-corrected chi connectivity index (χ1v) is 10.4. The lowest BCUT2D eigenvalue weighted by Gasteiger charge is -2.10. The lowest BCUT2D eigenvalue weighted by molar-refractivity contribution is -0.118. The van der Waals surface area contributed by atoms with Crippen LogP contribution in [0.4, 0.5) is 11.4 Å². The van der Waals surface area contributed by atoms with Crippen molar-refractivity contribution in [1.82, 2.24) is 0 Å². The number of nitrogens with one attached hydrogen (secondary N) is 1. The third-order valence-electron chi connectivity index (χ3n) is 4.13. The molecule has 0 aliphatic heterocycles. The van der Waals surface area contributed by atoms with Crippen molar-refractivity contribution in [1.29, 1.82) is 0 Å². The molecule has 6 heteroatoms. The summed E-state index contributed by atoms with van der Waals surface area (Å²) < 4.78 is 12.1. The fraction of sp³-hybridized carbons (Fsp3) is 0.167. The number of aliphatic imine (C=N–C) groups is 1. The zero-order valence-corrected chi connectivity index (χ0v) is 18.5. The van der Waals surface area contributed by atoms with Crippen molar-refractivity contribution >= 4 is 39.4 Å². The van der Waals surface area contributed by atoms with Gasteiger partial charge in [0.1, 0.15) is 11.5 Å². The van der Waals surface area contributed by atoms with Crippen LogP contribution in [0.5, 0.6) is 11.5 Å². The SMILES string of the molecule is CCOc1ccc(N=Cc2cc(Br)ccc2OCC(=O)Nc2cccc(C)c2)cc1. The molecule has 154 valence electrons. The van der Waals surface area contributed by atoms with E-state index < -0.39 is 0 Å². The van der Waals surface area contributed by atoms with E-state index >= 15 is 0 Å². The van der Waals surface area contributed by atoms with Crippen molar-refractivity contribution in [2.75, 3.05) is 18.5 Å². The number of aryl methyl sites for hydroxylation is 1. The lowest BCUT2D eigenvalue weighted by atomic mass is 10.2. The summed E-state index contributed by atoms with van der Waals surface area (Å²) in [7, 11) is 0. The average Bonchev–Trinajstić information content (AvgIpc) is 2.73. The largest absolute Gasteiger partial charge is 0.494 e. The highest BCUT2D eigenvalue weighted by molar-refractivity contribution is 9.10. The minimum absolute atomic E-state index is 0.0978. The molecular weight excluding hydrogens is 444 g/mol. The molecule has 0 bridgehead atoms. The molecule has 0 spiro atoms. The number of hydrogen-bond acceptors (Lipinski definition) is 4. The zero-order chi connectivity index (χ0) is 21.3. The van der Waals surface area contributed by atoms with Gasteiger partial charge < -0.3 is 14.8 Å². The van der Waals surface area contributed by atoms with Gasteiger partial charge in [0.2, 0.25) is 0 Å². The molecule has 0 heterocycles. The van der Waals surface area contributed by atoms with Crippen molar-refractivity contribution in [2.45, 2.75) is 13.8 Å². The molecule has 0 aliphatic rings. The average molecular weight is 467 g/mol. The predicted molar refractivity (Wildman–Crippen MR) is 124 cm³/mol. The number of benzene rings is 3. The van der Waals surface area contributed by atoms with Crippen LogP contribution >= 0.6 is 15.9 Å². The Bertz CT molecular complexity index is 1030. The smallest absolute Gasteiger partial charge is 0.262 e. The van der Waals surface area contributed by atoms with E-state index in [9.17, 15) is 4.79 Å². The number of amides is 1. The second kappa shape index (κ2) is 10.6. The monoisotopic (exact) mass is 466 g/mol. The van der Waals surface area contributed by atoms with E-state index in [1.165, 1.54) is 0 Å². The number of carbonyl (C=O) groups excluding carboxylic acids is 1. The fourth-order valence-electron chi connectivity index (χ4n) is 2.75. The molecule has 30 heavy (non-hydrogen) atoms. The van der Waals surface area contributed by atoms with Crippen LogP contribution in [0.1, 0.15) is 18.1 Å². The summed E-state index contributed by atoms with van der Waals surface area (Å²) in [6, 6.07) is 20.7. The van der Waals surface area contributed by atoms with Crippen LogP contribution < -0.4 is 14.8 Å². The molecule has 0 unspecified atom stereocenters. The van der Waals surface area contributed by atoms with Crippen LogP contribution in [-0.4, -0.2) is 25.3 Å². The van der Waals surface area contributed by atoms with Crippen LogP contribution in [0.15, 0.2) is 76.2 Å². The van der Waals surface area contributed by atoms with Gasteiger partial charge in [-0.2, -0.15) is 0 Å². The lowest BCUT2D eigenvalue weighted by Crippen LogP contribution is -2.20. The topological polar surface area (TPSA) is 59.9 Å². The van der Waals surface area contributed by atoms with E-state index in [0.717, 1.165) is 32.7 Å². The highest BCUT2D eigenvalue weighted by Crippen LogP contribution is 2.24. The Morgan fingerprint density at radius 3 is 2.60 bits per heavy atom. The van der Waals surface area contributed by atoms with Gasteiger partial charge in [-0.3, -0.25) is 9.79 Å². The Hall–Kier alpha value is -3.12. The minimum Gasteiger partial charge on any atom is -0.494 e. The van der Waals surface area contributed by atoms with Crippen molar-refractivity contribution in [3.8, 4) is 11.5 Å². The predicted octanol–water partition coefficient (Wildman–Crippen LogP) is 5.92. The molecule has 0 aliphatic carbocycles. The summed E-state index contributed by atoms with van der Waals surface area (Å²) in [5.41, 5.74) is 3.38. The molecule has 0 aromatic heterocycles. The van der Waals surface area contributed by atoms with Gasteiger partial charge in [0.25, 0.3) is 5.91 Å². The number of ether oxygens (including phenoxy) is 2. The van der Waals surface area contributed by atoms with Crippen LogP contribution in [0.25, 0.3) is 0 Å². The summed E-state index contributed by atoms with van der Waals surface area (Å²) in [6.07, 6.45) is 1.72. The zero-order valence-electron chi connectivity index (χ0n) is 16.9. The Kier molecular flexibility index (Phi) is 7.63. The minimum atomic E-state index is -0.224. The summed E-state index contributed by atoms with van der Waals surface area (Å²) in [4.78, 5) is 16.8. The van der Waals surface area contributed by atoms with Crippen LogP contribution in [0.2, 0.25) is 0 Å². The standard InChI is InChI=1S/C24H23BrN2O3/c1-3-29-22-10-8-20(9-11-22)26-15-18-14-19(25)7-12-23(18)30-16-24(28)27-21-6-4-5-17(2)13-21/h4-15H,3,16H2,1-2H3,(H,27,28). The van der Waals surface area contributed by atoms with E-state index in [4.69, 9.17) is 9.47 Å². The van der Waals surface area contributed by atoms with Gasteiger partial charge in [-0.25, -0.2) is 0 Å². The molecule has 0 atom stereocenters. The van der Waals surface area contributed by atoms with Gasteiger partial charge in [-0.05, 0) is 74.0 Å². The highest BCUT2D eigenvalue weighted by atomic mass is 79.9. The third-order valence-corrected chi connectivity index (χ3v) is 4.63. The summed E-state index contributed by atoms with van der Waals surface area (Å²) in [5.74, 6) is 1.16. The molecule has 0 saturated carbocycles. The van der Waals surface area contributed by atoms with Gasteiger partial charge in [-0.15, -0.1) is 0 Å². The number of halogens is 1. The van der Waals surface area contributed by atoms with Crippen molar-refractivity contribution in [2.24, 2.45) is 4.99 Å². The molecule has 0 saturated heterocycles. The Labute approximate surface area is 184 Å². The van der Waals surface area contributed by atoms with Gasteiger partial charge in [-0.1, -0.05) is 28.1 Å². The highest BCUT2D eigenvalue weighted by Gasteiger charge is 2.08. The summed E-state index contributed by atoms with van der Waals surface area (Å²) in [6.45, 7) is 4.45. The summed E-state index contributed by atoms with van der Waals surface area (Å²) in [5, 5.41) is 2.84. The second-order valence-electron chi connectivity index (χ2n) is 6.57. The van der Waals surface area contributed by atoms with Crippen molar-refractivity contribution in [3.05, 3.63) is 82.3 Å². The molecule has 1 N–H and O–H groups in total. The molecule has 5 nitrogen and oxygen atoms in total. The van der Waals surface area contributed by atoms with E-state index in [-0.39, 0.29) is 12.5 Å². The first-order chi connectivity index (χ1) is 14.5. The van der Waals surface area contributed by atoms with Crippen molar-refractivity contribution in [3.63, 3.8) is 0 Å². The molecule has 0 fully saturated rings. The number of carbonyl (C=O) groups is 1. The normalized spacial score (nSPS) is 10.8. The van der Waals surface area contributed by atoms with Crippen LogP contribution in [0.3, 0.4) is 0 Å². The van der Waals surface area contributed by atoms with Crippen molar-refractivity contribution < 1.29 is 14.3 Å². The quantitative estimate of drug-likeness (QED) is 0.418. The van der Waals surface area contributed by atoms with Crippen LogP contribution in [0, 0.1) is 6.92 Å². The maximum absolute atomic E-state index is 12.2. The number of rotatable bonds is 8. The molecule has 1 amide bonds. The molecule has 3 aromatic rings. The molecular formula is C24H23BrN2O3. The maximum Gasteiger partial charge on any atom is 0.262 e. The molecule has 0 radical (unpaired) electrons. The maximum atomic E-state index is 12.2. The Morgan fingerprint density at radius 2 is 1.87 bits per heavy atom. The van der Waals surface area contributed by atoms with E-state index in [2.05, 4.69) is 26.2 Å². The van der Waals surface area contributed by atoms with E-state index in [1.807, 2.05) is 80.6 Å². The van der Waals surface area contributed by atoms with Gasteiger partial charge in [0, 0.05) is 21.9 Å². The van der Waals surface area contributed by atoms with Gasteiger partial charge in [0.15, 0.2) is 6.61 Å². The van der Waals surface area contributed by atoms with E-state index in [1.54, 1.807) is 6.21 Å². The van der Waals surface area contributed by atoms with Gasteiger partial charge >= 0.3 is 0 Å².